The van der Waals surface area contributed by atoms with Crippen molar-refractivity contribution in [3.63, 3.8) is 0 Å². The van der Waals surface area contributed by atoms with Crippen molar-refractivity contribution in [2.24, 2.45) is 0 Å². The van der Waals surface area contributed by atoms with E-state index in [9.17, 15) is 43.2 Å². The van der Waals surface area contributed by atoms with E-state index in [-0.39, 0.29) is 25.7 Å². The SMILES string of the molecule is CCCCCC/C=C\CCCCCCCC(=O)OC(COC(=O)CCCCCCC/C=C\CCCCCCCC)COP(=O)(O)OCC(O)COP(=O)(O)OCC(COC(=O)CCCCCCC/C=C\CCCCCCCC)OC(=O)CCCCCCCCCCCCCCC. The van der Waals surface area contributed by atoms with Gasteiger partial charge >= 0.3 is 39.5 Å². The van der Waals surface area contributed by atoms with Crippen LogP contribution in [0.3, 0.4) is 0 Å². The lowest BCUT2D eigenvalue weighted by Crippen LogP contribution is -2.30. The molecule has 5 unspecified atom stereocenters. The lowest BCUT2D eigenvalue weighted by atomic mass is 10.0. The third-order valence-electron chi connectivity index (χ3n) is 17.1. The van der Waals surface area contributed by atoms with Gasteiger partial charge in [-0.25, -0.2) is 9.13 Å². The van der Waals surface area contributed by atoms with Crippen LogP contribution >= 0.6 is 15.6 Å². The number of unbranched alkanes of at least 4 members (excludes halogenated alkanes) is 43. The van der Waals surface area contributed by atoms with Gasteiger partial charge in [0.1, 0.15) is 19.3 Å². The maximum Gasteiger partial charge on any atom is 0.472 e. The Morgan fingerprint density at radius 3 is 0.729 bits per heavy atom. The number of ether oxygens (including phenoxy) is 4. The normalized spacial score (nSPS) is 14.1. The van der Waals surface area contributed by atoms with E-state index < -0.39 is 97.5 Å². The van der Waals surface area contributed by atoms with Crippen molar-refractivity contribution in [2.75, 3.05) is 39.6 Å². The smallest absolute Gasteiger partial charge is 0.462 e. The molecule has 0 rings (SSSR count). The molecular formula is C77H144O17P2. The van der Waals surface area contributed by atoms with Crippen LogP contribution < -0.4 is 0 Å². The Kier molecular flexibility index (Phi) is 68.7. The van der Waals surface area contributed by atoms with Gasteiger partial charge in [-0.3, -0.25) is 37.3 Å². The number of phosphoric acid groups is 2. The van der Waals surface area contributed by atoms with Crippen LogP contribution in [-0.2, 0) is 65.4 Å². The Labute approximate surface area is 585 Å². The summed E-state index contributed by atoms with van der Waals surface area (Å²) in [6.07, 6.45) is 65.5. The molecule has 0 aromatic carbocycles. The minimum Gasteiger partial charge on any atom is -0.462 e. The molecule has 0 amide bonds. The van der Waals surface area contributed by atoms with Crippen LogP contribution in [0.25, 0.3) is 0 Å². The number of phosphoric ester groups is 2. The summed E-state index contributed by atoms with van der Waals surface area (Å²) in [5, 5.41) is 10.6. The highest BCUT2D eigenvalue weighted by Gasteiger charge is 2.30. The predicted octanol–water partition coefficient (Wildman–Crippen LogP) is 22.3. The van der Waals surface area contributed by atoms with Crippen LogP contribution in [0.15, 0.2) is 36.5 Å². The maximum absolute atomic E-state index is 13.1. The molecule has 0 radical (unpaired) electrons. The molecule has 0 saturated heterocycles. The molecule has 3 N–H and O–H groups in total. The van der Waals surface area contributed by atoms with Gasteiger partial charge in [0.15, 0.2) is 12.2 Å². The lowest BCUT2D eigenvalue weighted by molar-refractivity contribution is -0.161. The Hall–Kier alpha value is -2.72. The topological polar surface area (TPSA) is 237 Å². The molecule has 564 valence electrons. The summed E-state index contributed by atoms with van der Waals surface area (Å²) in [6, 6.07) is 0. The van der Waals surface area contributed by atoms with Gasteiger partial charge in [0.2, 0.25) is 0 Å². The van der Waals surface area contributed by atoms with Crippen LogP contribution in [0, 0.1) is 0 Å². The third kappa shape index (κ3) is 69.7. The zero-order valence-electron chi connectivity index (χ0n) is 61.6. The number of hydrogen-bond donors (Lipinski definition) is 3. The highest BCUT2D eigenvalue weighted by Crippen LogP contribution is 2.45. The van der Waals surface area contributed by atoms with Gasteiger partial charge in [-0.15, -0.1) is 0 Å². The van der Waals surface area contributed by atoms with E-state index in [2.05, 4.69) is 64.2 Å². The lowest BCUT2D eigenvalue weighted by Gasteiger charge is -2.21. The summed E-state index contributed by atoms with van der Waals surface area (Å²) >= 11 is 0. The van der Waals surface area contributed by atoms with E-state index in [1.54, 1.807) is 0 Å². The molecule has 0 aliphatic heterocycles. The van der Waals surface area contributed by atoms with Crippen molar-refractivity contribution in [2.45, 2.75) is 393 Å². The number of carbonyl (C=O) groups excluding carboxylic acids is 4. The van der Waals surface area contributed by atoms with Crippen molar-refractivity contribution < 1.29 is 80.2 Å². The second-order valence-electron chi connectivity index (χ2n) is 26.7. The number of aliphatic hydroxyl groups is 1. The highest BCUT2D eigenvalue weighted by atomic mass is 31.2. The maximum atomic E-state index is 13.1. The van der Waals surface area contributed by atoms with Gasteiger partial charge < -0.3 is 33.8 Å². The number of carbonyl (C=O) groups is 4. The molecule has 0 aromatic heterocycles. The van der Waals surface area contributed by atoms with E-state index in [0.29, 0.717) is 25.7 Å². The van der Waals surface area contributed by atoms with Crippen molar-refractivity contribution in [1.29, 1.82) is 0 Å². The van der Waals surface area contributed by atoms with Gasteiger partial charge in [0, 0.05) is 25.7 Å². The quantitative estimate of drug-likeness (QED) is 0.0169. The van der Waals surface area contributed by atoms with Crippen LogP contribution in [0.1, 0.15) is 374 Å². The first-order chi connectivity index (χ1) is 46.7. The zero-order valence-corrected chi connectivity index (χ0v) is 63.4. The first-order valence-electron chi connectivity index (χ1n) is 39.2. The van der Waals surface area contributed by atoms with Crippen LogP contribution in [0.2, 0.25) is 0 Å². The highest BCUT2D eigenvalue weighted by molar-refractivity contribution is 7.47. The standard InChI is InChI=1S/C77H144O17P2/c1-5-9-13-17-21-25-29-33-35-39-41-45-49-53-57-61-74(79)87-67-72(93-76(81)63-59-55-51-47-43-37-31-27-23-19-15-11-7-3)69-91-95(83,84)89-65-71(78)66-90-96(85,86)92-70-73(94-77(82)64-60-56-52-48-44-38-32-28-24-20-16-12-8-4)68-88-75(80)62-58-54-50-46-42-40-36-34-30-26-22-18-14-10-6-2/h27,31,33-36,71-73,78H,5-26,28-30,32,37-70H2,1-4H3,(H,83,84)(H,85,86)/b31-27-,35-33-,36-34-. The number of aliphatic hydroxyl groups excluding tert-OH is 1. The van der Waals surface area contributed by atoms with Gasteiger partial charge in [0.25, 0.3) is 0 Å². The zero-order chi connectivity index (χ0) is 70.4. The molecule has 0 aliphatic rings. The Morgan fingerprint density at radius 2 is 0.479 bits per heavy atom. The Morgan fingerprint density at radius 1 is 0.281 bits per heavy atom. The summed E-state index contributed by atoms with van der Waals surface area (Å²) in [5.41, 5.74) is 0. The van der Waals surface area contributed by atoms with E-state index in [1.807, 2.05) is 0 Å². The Balaban J connectivity index is 5.31. The largest absolute Gasteiger partial charge is 0.472 e. The van der Waals surface area contributed by atoms with E-state index in [0.717, 1.165) is 141 Å². The summed E-state index contributed by atoms with van der Waals surface area (Å²) < 4.78 is 68.5. The van der Waals surface area contributed by atoms with E-state index in [4.69, 9.17) is 37.0 Å². The van der Waals surface area contributed by atoms with Gasteiger partial charge in [-0.05, 0) is 103 Å². The predicted molar refractivity (Wildman–Crippen MR) is 391 cm³/mol. The molecular weight excluding hydrogens is 1260 g/mol. The van der Waals surface area contributed by atoms with Crippen molar-refractivity contribution in [3.8, 4) is 0 Å². The van der Waals surface area contributed by atoms with Gasteiger partial charge in [0.05, 0.1) is 26.4 Å². The minimum absolute atomic E-state index is 0.0893. The van der Waals surface area contributed by atoms with Crippen LogP contribution in [-0.4, -0.2) is 96.7 Å². The number of esters is 4. The summed E-state index contributed by atoms with van der Waals surface area (Å²) in [6.45, 7) is 4.90. The molecule has 0 spiro atoms. The van der Waals surface area contributed by atoms with Crippen molar-refractivity contribution in [1.82, 2.24) is 0 Å². The molecule has 19 heteroatoms. The van der Waals surface area contributed by atoms with E-state index >= 15 is 0 Å². The number of rotatable bonds is 75. The molecule has 0 saturated carbocycles. The summed E-state index contributed by atoms with van der Waals surface area (Å²) in [4.78, 5) is 72.8. The molecule has 0 heterocycles. The molecule has 0 aliphatic carbocycles. The summed E-state index contributed by atoms with van der Waals surface area (Å²) in [7, 11) is -9.93. The second-order valence-corrected chi connectivity index (χ2v) is 29.6. The van der Waals surface area contributed by atoms with Crippen LogP contribution in [0.4, 0.5) is 0 Å². The molecule has 0 bridgehead atoms. The summed E-state index contributed by atoms with van der Waals surface area (Å²) in [5.74, 6) is -2.16. The fourth-order valence-electron chi connectivity index (χ4n) is 11.0. The van der Waals surface area contributed by atoms with Gasteiger partial charge in [-0.2, -0.15) is 0 Å². The number of hydrogen-bond acceptors (Lipinski definition) is 15. The third-order valence-corrected chi connectivity index (χ3v) is 19.0. The van der Waals surface area contributed by atoms with Crippen molar-refractivity contribution >= 4 is 39.5 Å². The average Bonchev–Trinajstić information content (AvgIpc) is 1.15. The average molecular weight is 1400 g/mol. The fraction of sp³-hybridized carbons (Fsp3) is 0.870. The van der Waals surface area contributed by atoms with E-state index in [1.165, 1.54) is 154 Å². The Bertz CT molecular complexity index is 1970. The fourth-order valence-corrected chi connectivity index (χ4v) is 12.6. The van der Waals surface area contributed by atoms with Gasteiger partial charge in [-0.1, -0.05) is 282 Å². The second kappa shape index (κ2) is 70.7. The molecule has 17 nitrogen and oxygen atoms in total. The molecule has 96 heavy (non-hydrogen) atoms. The van der Waals surface area contributed by atoms with Crippen LogP contribution in [0.5, 0.6) is 0 Å². The molecule has 0 aromatic rings. The van der Waals surface area contributed by atoms with Crippen molar-refractivity contribution in [3.05, 3.63) is 36.5 Å². The first-order valence-corrected chi connectivity index (χ1v) is 42.2. The molecule has 0 fully saturated rings. The first kappa shape index (κ1) is 93.3. The number of allylic oxidation sites excluding steroid dienone is 6. The minimum atomic E-state index is -4.97. The molecule has 5 atom stereocenters. The monoisotopic (exact) mass is 1400 g/mol.